The molecule has 1 unspecified atom stereocenters. The molecule has 0 saturated carbocycles. The standard InChI is InChI=1S/C19H23ClN2OS/c1-12(2)18(15-8-6-5-7-13(15)3)22-19(24)21-14-9-10-17(23-4)16(20)11-14/h5-12,18H,1-4H3,(H2,21,22,24). The van der Waals surface area contributed by atoms with Crippen molar-refractivity contribution in [3.8, 4) is 5.75 Å². The summed E-state index contributed by atoms with van der Waals surface area (Å²) in [5.74, 6) is 1.03. The van der Waals surface area contributed by atoms with Crippen LogP contribution >= 0.6 is 23.8 Å². The molecule has 1 atom stereocenters. The lowest BCUT2D eigenvalue weighted by Crippen LogP contribution is -2.35. The third-order valence-electron chi connectivity index (χ3n) is 3.89. The Morgan fingerprint density at radius 2 is 1.88 bits per heavy atom. The molecule has 0 bridgehead atoms. The third-order valence-corrected chi connectivity index (χ3v) is 4.40. The molecule has 2 N–H and O–H groups in total. The average molecular weight is 363 g/mol. The van der Waals surface area contributed by atoms with Crippen LogP contribution in [0.1, 0.15) is 31.0 Å². The second kappa shape index (κ2) is 8.36. The molecule has 0 radical (unpaired) electrons. The number of anilines is 1. The molecule has 5 heteroatoms. The highest BCUT2D eigenvalue weighted by molar-refractivity contribution is 7.80. The van der Waals surface area contributed by atoms with Crippen molar-refractivity contribution in [1.29, 1.82) is 0 Å². The molecule has 0 aliphatic rings. The fourth-order valence-corrected chi connectivity index (χ4v) is 3.09. The number of ether oxygens (including phenoxy) is 1. The molecule has 0 amide bonds. The minimum atomic E-state index is 0.139. The normalized spacial score (nSPS) is 11.9. The smallest absolute Gasteiger partial charge is 0.171 e. The van der Waals surface area contributed by atoms with Crippen LogP contribution in [-0.2, 0) is 0 Å². The van der Waals surface area contributed by atoms with Gasteiger partial charge in [-0.25, -0.2) is 0 Å². The van der Waals surface area contributed by atoms with Gasteiger partial charge in [-0.3, -0.25) is 0 Å². The zero-order valence-electron chi connectivity index (χ0n) is 14.4. The first-order chi connectivity index (χ1) is 11.4. The number of rotatable bonds is 5. The van der Waals surface area contributed by atoms with Crippen LogP contribution in [0.3, 0.4) is 0 Å². The van der Waals surface area contributed by atoms with Crippen molar-refractivity contribution in [2.45, 2.75) is 26.8 Å². The first kappa shape index (κ1) is 18.6. The summed E-state index contributed by atoms with van der Waals surface area (Å²) in [7, 11) is 1.59. The van der Waals surface area contributed by atoms with Crippen molar-refractivity contribution in [1.82, 2.24) is 5.32 Å². The molecule has 0 spiro atoms. The van der Waals surface area contributed by atoms with E-state index in [4.69, 9.17) is 28.6 Å². The van der Waals surface area contributed by atoms with E-state index in [1.807, 2.05) is 18.2 Å². The number of hydrogen-bond acceptors (Lipinski definition) is 2. The topological polar surface area (TPSA) is 33.3 Å². The van der Waals surface area contributed by atoms with Crippen LogP contribution in [0.4, 0.5) is 5.69 Å². The monoisotopic (exact) mass is 362 g/mol. The van der Waals surface area contributed by atoms with Crippen molar-refractivity contribution in [2.24, 2.45) is 5.92 Å². The van der Waals surface area contributed by atoms with Crippen LogP contribution in [-0.4, -0.2) is 12.2 Å². The largest absolute Gasteiger partial charge is 0.495 e. The fourth-order valence-electron chi connectivity index (χ4n) is 2.59. The molecule has 0 fully saturated rings. The summed E-state index contributed by atoms with van der Waals surface area (Å²) in [6.07, 6.45) is 0. The maximum atomic E-state index is 6.16. The Hall–Kier alpha value is -1.78. The van der Waals surface area contributed by atoms with Gasteiger partial charge in [-0.1, -0.05) is 49.7 Å². The zero-order valence-corrected chi connectivity index (χ0v) is 16.0. The van der Waals surface area contributed by atoms with E-state index in [2.05, 4.69) is 49.6 Å². The molecule has 2 rings (SSSR count). The van der Waals surface area contributed by atoms with Gasteiger partial charge in [0, 0.05) is 5.69 Å². The minimum absolute atomic E-state index is 0.139. The highest BCUT2D eigenvalue weighted by atomic mass is 35.5. The van der Waals surface area contributed by atoms with Gasteiger partial charge in [0.05, 0.1) is 18.2 Å². The Bertz CT molecular complexity index is 718. The van der Waals surface area contributed by atoms with Crippen LogP contribution < -0.4 is 15.4 Å². The summed E-state index contributed by atoms with van der Waals surface area (Å²) in [4.78, 5) is 0. The summed E-state index contributed by atoms with van der Waals surface area (Å²) in [6.45, 7) is 6.47. The van der Waals surface area contributed by atoms with Crippen molar-refractivity contribution in [3.05, 3.63) is 58.6 Å². The molecule has 24 heavy (non-hydrogen) atoms. The Labute approximate surface area is 154 Å². The van der Waals surface area contributed by atoms with Crippen molar-refractivity contribution in [3.63, 3.8) is 0 Å². The SMILES string of the molecule is COc1ccc(NC(=S)NC(c2ccccc2C)C(C)C)cc1Cl. The van der Waals surface area contributed by atoms with Crippen LogP contribution in [0.15, 0.2) is 42.5 Å². The van der Waals surface area contributed by atoms with E-state index in [0.717, 1.165) is 5.69 Å². The van der Waals surface area contributed by atoms with Crippen LogP contribution in [0, 0.1) is 12.8 Å². The van der Waals surface area contributed by atoms with Gasteiger partial charge in [0.2, 0.25) is 0 Å². The molecule has 0 heterocycles. The average Bonchev–Trinajstić information content (AvgIpc) is 2.53. The van der Waals surface area contributed by atoms with E-state index in [0.29, 0.717) is 21.8 Å². The molecular formula is C19H23ClN2OS. The predicted octanol–water partition coefficient (Wildman–Crippen LogP) is 5.34. The van der Waals surface area contributed by atoms with E-state index in [9.17, 15) is 0 Å². The lowest BCUT2D eigenvalue weighted by atomic mass is 9.93. The molecule has 0 aliphatic heterocycles. The number of halogens is 1. The first-order valence-corrected chi connectivity index (χ1v) is 8.67. The number of aryl methyl sites for hydroxylation is 1. The third kappa shape index (κ3) is 4.62. The van der Waals surface area contributed by atoms with Gasteiger partial charge in [-0.15, -0.1) is 0 Å². The minimum Gasteiger partial charge on any atom is -0.495 e. The number of benzene rings is 2. The van der Waals surface area contributed by atoms with Crippen molar-refractivity contribution in [2.75, 3.05) is 12.4 Å². The maximum absolute atomic E-state index is 6.16. The van der Waals surface area contributed by atoms with Gasteiger partial charge in [0.25, 0.3) is 0 Å². The van der Waals surface area contributed by atoms with Gasteiger partial charge in [0.15, 0.2) is 5.11 Å². The maximum Gasteiger partial charge on any atom is 0.171 e. The predicted molar refractivity (Wildman–Crippen MR) is 106 cm³/mol. The number of hydrogen-bond donors (Lipinski definition) is 2. The summed E-state index contributed by atoms with van der Waals surface area (Å²) in [6, 6.07) is 14.0. The second-order valence-electron chi connectivity index (χ2n) is 6.03. The molecule has 2 aromatic rings. The van der Waals surface area contributed by atoms with Gasteiger partial charge in [-0.05, 0) is 54.4 Å². The van der Waals surface area contributed by atoms with Crippen LogP contribution in [0.2, 0.25) is 5.02 Å². The highest BCUT2D eigenvalue weighted by Gasteiger charge is 2.18. The molecule has 0 saturated heterocycles. The Morgan fingerprint density at radius 3 is 2.46 bits per heavy atom. The van der Waals surface area contributed by atoms with E-state index in [1.54, 1.807) is 13.2 Å². The number of methoxy groups -OCH3 is 1. The Balaban J connectivity index is 2.11. The van der Waals surface area contributed by atoms with Crippen molar-refractivity contribution < 1.29 is 4.74 Å². The quantitative estimate of drug-likeness (QED) is 0.703. The Morgan fingerprint density at radius 1 is 1.17 bits per heavy atom. The molecular weight excluding hydrogens is 340 g/mol. The molecule has 3 nitrogen and oxygen atoms in total. The summed E-state index contributed by atoms with van der Waals surface area (Å²) >= 11 is 11.6. The lowest BCUT2D eigenvalue weighted by molar-refractivity contribution is 0.415. The lowest BCUT2D eigenvalue weighted by Gasteiger charge is -2.26. The fraction of sp³-hybridized carbons (Fsp3) is 0.316. The van der Waals surface area contributed by atoms with Crippen LogP contribution in [0.5, 0.6) is 5.75 Å². The molecule has 0 aliphatic carbocycles. The van der Waals surface area contributed by atoms with Gasteiger partial charge in [0.1, 0.15) is 5.75 Å². The van der Waals surface area contributed by atoms with Crippen LogP contribution in [0.25, 0.3) is 0 Å². The first-order valence-electron chi connectivity index (χ1n) is 7.89. The van der Waals surface area contributed by atoms with E-state index in [-0.39, 0.29) is 6.04 Å². The van der Waals surface area contributed by atoms with Gasteiger partial charge in [-0.2, -0.15) is 0 Å². The second-order valence-corrected chi connectivity index (χ2v) is 6.84. The Kier molecular flexibility index (Phi) is 6.46. The summed E-state index contributed by atoms with van der Waals surface area (Å²) < 4.78 is 5.16. The highest BCUT2D eigenvalue weighted by Crippen LogP contribution is 2.28. The zero-order chi connectivity index (χ0) is 17.7. The van der Waals surface area contributed by atoms with E-state index < -0.39 is 0 Å². The number of nitrogens with one attached hydrogen (secondary N) is 2. The molecule has 128 valence electrons. The van der Waals surface area contributed by atoms with Gasteiger partial charge >= 0.3 is 0 Å². The molecule has 0 aromatic heterocycles. The summed E-state index contributed by atoms with van der Waals surface area (Å²) in [5, 5.41) is 7.72. The van der Waals surface area contributed by atoms with Gasteiger partial charge < -0.3 is 15.4 Å². The van der Waals surface area contributed by atoms with E-state index >= 15 is 0 Å². The van der Waals surface area contributed by atoms with Crippen molar-refractivity contribution >= 4 is 34.6 Å². The van der Waals surface area contributed by atoms with E-state index in [1.165, 1.54) is 11.1 Å². The summed E-state index contributed by atoms with van der Waals surface area (Å²) in [5.41, 5.74) is 3.33. The molecule has 2 aromatic carbocycles. The number of thiocarbonyl (C=S) groups is 1.